The molecule has 3 rings (SSSR count). The summed E-state index contributed by atoms with van der Waals surface area (Å²) in [6.07, 6.45) is 1.07. The zero-order valence-corrected chi connectivity index (χ0v) is 18.9. The minimum absolute atomic E-state index is 0.0110. The van der Waals surface area contributed by atoms with E-state index in [2.05, 4.69) is 4.72 Å². The Labute approximate surface area is 191 Å². The number of ether oxygens (including phenoxy) is 1. The van der Waals surface area contributed by atoms with Crippen LogP contribution in [0, 0.1) is 6.92 Å². The first kappa shape index (κ1) is 23.8. The Morgan fingerprint density at radius 1 is 1.19 bits per heavy atom. The summed E-state index contributed by atoms with van der Waals surface area (Å²) in [5.74, 6) is -1.75. The van der Waals surface area contributed by atoms with Crippen LogP contribution in [0.25, 0.3) is 0 Å². The highest BCUT2D eigenvalue weighted by Gasteiger charge is 2.37. The Balaban J connectivity index is 1.93. The van der Waals surface area contributed by atoms with E-state index in [1.807, 2.05) is 25.1 Å². The second-order valence-corrected chi connectivity index (χ2v) is 9.40. The Bertz CT molecular complexity index is 1130. The molecule has 1 aliphatic rings. The molecule has 1 aliphatic heterocycles. The molecule has 0 fully saturated rings. The number of hydrogen-bond donors (Lipinski definition) is 2. The molecule has 2 N–H and O–H groups in total. The van der Waals surface area contributed by atoms with Gasteiger partial charge in [0.05, 0.1) is 11.6 Å². The highest BCUT2D eigenvalue weighted by atomic mass is 35.5. The Morgan fingerprint density at radius 2 is 1.91 bits per heavy atom. The van der Waals surface area contributed by atoms with Crippen molar-refractivity contribution >= 4 is 33.7 Å². The summed E-state index contributed by atoms with van der Waals surface area (Å²) in [5.41, 5.74) is 2.12. The maximum absolute atomic E-state index is 13.0. The van der Waals surface area contributed by atoms with Gasteiger partial charge in [0.2, 0.25) is 0 Å². The first-order valence-electron chi connectivity index (χ1n) is 9.87. The second kappa shape index (κ2) is 10.2. The maximum Gasteiger partial charge on any atom is 0.337 e. The van der Waals surface area contributed by atoms with E-state index in [1.165, 1.54) is 6.20 Å². The van der Waals surface area contributed by atoms with Crippen LogP contribution in [-0.2, 0) is 31.1 Å². The van der Waals surface area contributed by atoms with Crippen molar-refractivity contribution in [3.8, 4) is 0 Å². The van der Waals surface area contributed by atoms with Crippen molar-refractivity contribution in [2.45, 2.75) is 32.4 Å². The van der Waals surface area contributed by atoms with Crippen LogP contribution in [0.5, 0.6) is 0 Å². The summed E-state index contributed by atoms with van der Waals surface area (Å²) in [7, 11) is -4.03. The van der Waals surface area contributed by atoms with Gasteiger partial charge in [-0.05, 0) is 36.1 Å². The molecule has 8 nitrogen and oxygen atoms in total. The van der Waals surface area contributed by atoms with Gasteiger partial charge in [0, 0.05) is 24.2 Å². The lowest BCUT2D eigenvalue weighted by Crippen LogP contribution is -2.46. The van der Waals surface area contributed by atoms with Crippen molar-refractivity contribution < 1.29 is 27.9 Å². The average molecular weight is 479 g/mol. The molecule has 0 bridgehead atoms. The molecule has 0 spiro atoms. The van der Waals surface area contributed by atoms with E-state index in [1.54, 1.807) is 30.3 Å². The molecule has 0 aliphatic carbocycles. The van der Waals surface area contributed by atoms with Crippen LogP contribution >= 0.6 is 11.6 Å². The standard InChI is InChI=1S/C22H23ClN2O6S/c1-15-9-10-17(19(23)12-15)21-18(22(28)31-14-16-6-3-2-4-7-16)13-25(32(29,30)24-21)11-5-8-20(26)27/h2-4,6-7,9-10,12-13,21,24H,5,8,11,14H2,1H3,(H,26,27). The molecule has 1 atom stereocenters. The number of esters is 1. The highest BCUT2D eigenvalue weighted by molar-refractivity contribution is 7.87. The zero-order valence-electron chi connectivity index (χ0n) is 17.3. The number of benzene rings is 2. The van der Waals surface area contributed by atoms with E-state index in [-0.39, 0.29) is 31.6 Å². The van der Waals surface area contributed by atoms with Gasteiger partial charge in [-0.25, -0.2) is 4.79 Å². The van der Waals surface area contributed by atoms with Crippen molar-refractivity contribution in [1.29, 1.82) is 0 Å². The Kier molecular flexibility index (Phi) is 7.55. The largest absolute Gasteiger partial charge is 0.481 e. The lowest BCUT2D eigenvalue weighted by Gasteiger charge is -2.32. The lowest BCUT2D eigenvalue weighted by atomic mass is 9.99. The van der Waals surface area contributed by atoms with Crippen LogP contribution < -0.4 is 4.72 Å². The smallest absolute Gasteiger partial charge is 0.337 e. The van der Waals surface area contributed by atoms with Gasteiger partial charge in [-0.15, -0.1) is 0 Å². The third-order valence-electron chi connectivity index (χ3n) is 4.85. The van der Waals surface area contributed by atoms with Crippen molar-refractivity contribution in [1.82, 2.24) is 9.03 Å². The summed E-state index contributed by atoms with van der Waals surface area (Å²) in [5, 5.41) is 9.15. The minimum atomic E-state index is -4.03. The number of nitrogens with zero attached hydrogens (tertiary/aromatic N) is 1. The summed E-state index contributed by atoms with van der Waals surface area (Å²) in [6.45, 7) is 1.75. The van der Waals surface area contributed by atoms with Gasteiger partial charge < -0.3 is 9.84 Å². The molecule has 0 aromatic heterocycles. The van der Waals surface area contributed by atoms with Crippen LogP contribution in [0.15, 0.2) is 60.3 Å². The van der Waals surface area contributed by atoms with Crippen LogP contribution in [-0.4, -0.2) is 36.3 Å². The van der Waals surface area contributed by atoms with E-state index in [4.69, 9.17) is 21.4 Å². The monoisotopic (exact) mass is 478 g/mol. The van der Waals surface area contributed by atoms with Crippen molar-refractivity contribution in [3.63, 3.8) is 0 Å². The number of aliphatic carboxylic acids is 1. The number of carboxylic acid groups (broad SMARTS) is 1. The van der Waals surface area contributed by atoms with Gasteiger partial charge in [0.1, 0.15) is 6.61 Å². The van der Waals surface area contributed by atoms with Crippen LogP contribution in [0.1, 0.15) is 35.6 Å². The van der Waals surface area contributed by atoms with E-state index >= 15 is 0 Å². The van der Waals surface area contributed by atoms with E-state index in [0.29, 0.717) is 10.6 Å². The third-order valence-corrected chi connectivity index (χ3v) is 6.62. The molecular formula is C22H23ClN2O6S. The number of nitrogens with one attached hydrogen (secondary N) is 1. The molecule has 32 heavy (non-hydrogen) atoms. The molecule has 0 radical (unpaired) electrons. The number of rotatable bonds is 8. The SMILES string of the molecule is Cc1ccc(C2NS(=O)(=O)N(CCCC(=O)O)C=C2C(=O)OCc2ccccc2)c(Cl)c1. The van der Waals surface area contributed by atoms with Gasteiger partial charge in [0.15, 0.2) is 0 Å². The maximum atomic E-state index is 13.0. The third kappa shape index (κ3) is 5.87. The van der Waals surface area contributed by atoms with Gasteiger partial charge >= 0.3 is 22.1 Å². The second-order valence-electron chi connectivity index (χ2n) is 7.34. The fraction of sp³-hybridized carbons (Fsp3) is 0.273. The van der Waals surface area contributed by atoms with E-state index in [9.17, 15) is 18.0 Å². The number of halogens is 1. The summed E-state index contributed by atoms with van der Waals surface area (Å²) >= 11 is 6.36. The van der Waals surface area contributed by atoms with Crippen molar-refractivity contribution in [3.05, 3.63) is 82.0 Å². The molecule has 2 aromatic carbocycles. The van der Waals surface area contributed by atoms with Crippen LogP contribution in [0.2, 0.25) is 5.02 Å². The average Bonchev–Trinajstić information content (AvgIpc) is 2.73. The molecule has 10 heteroatoms. The van der Waals surface area contributed by atoms with E-state index in [0.717, 1.165) is 15.4 Å². The van der Waals surface area contributed by atoms with Gasteiger partial charge in [-0.3, -0.25) is 9.10 Å². The predicted octanol–water partition coefficient (Wildman–Crippen LogP) is 3.33. The highest BCUT2D eigenvalue weighted by Crippen LogP contribution is 2.34. The molecule has 2 aromatic rings. The molecular weight excluding hydrogens is 456 g/mol. The fourth-order valence-corrected chi connectivity index (χ4v) is 4.88. The zero-order chi connectivity index (χ0) is 23.3. The van der Waals surface area contributed by atoms with Gasteiger partial charge in [-0.1, -0.05) is 54.1 Å². The van der Waals surface area contributed by atoms with Crippen molar-refractivity contribution in [2.75, 3.05) is 6.54 Å². The number of aryl methyl sites for hydroxylation is 1. The van der Waals surface area contributed by atoms with E-state index < -0.39 is 28.2 Å². The number of carbonyl (C=O) groups excluding carboxylic acids is 1. The van der Waals surface area contributed by atoms with Gasteiger partial charge in [-0.2, -0.15) is 13.1 Å². The molecule has 1 unspecified atom stereocenters. The Morgan fingerprint density at radius 3 is 2.56 bits per heavy atom. The first-order chi connectivity index (χ1) is 15.2. The molecule has 170 valence electrons. The summed E-state index contributed by atoms with van der Waals surface area (Å²) in [6, 6.07) is 13.1. The minimum Gasteiger partial charge on any atom is -0.481 e. The topological polar surface area (TPSA) is 113 Å². The van der Waals surface area contributed by atoms with Crippen molar-refractivity contribution in [2.24, 2.45) is 0 Å². The number of carbonyl (C=O) groups is 2. The van der Waals surface area contributed by atoms with Crippen LogP contribution in [0.4, 0.5) is 0 Å². The predicted molar refractivity (Wildman–Crippen MR) is 119 cm³/mol. The normalized spacial score (nSPS) is 17.5. The summed E-state index contributed by atoms with van der Waals surface area (Å²) in [4.78, 5) is 23.8. The fourth-order valence-electron chi connectivity index (χ4n) is 3.22. The molecule has 0 saturated carbocycles. The number of hydrogen-bond acceptors (Lipinski definition) is 5. The lowest BCUT2D eigenvalue weighted by molar-refractivity contribution is -0.141. The Hall–Kier alpha value is -2.88. The first-order valence-corrected chi connectivity index (χ1v) is 11.7. The van der Waals surface area contributed by atoms with Gasteiger partial charge in [0.25, 0.3) is 0 Å². The van der Waals surface area contributed by atoms with Crippen LogP contribution in [0.3, 0.4) is 0 Å². The summed E-state index contributed by atoms with van der Waals surface area (Å²) < 4.78 is 34.4. The number of carboxylic acids is 1. The molecule has 0 amide bonds. The molecule has 0 saturated heterocycles. The molecule has 1 heterocycles. The quantitative estimate of drug-likeness (QED) is 0.563.